The number of nitrogens with zero attached hydrogens (tertiary/aromatic N) is 1. The zero-order chi connectivity index (χ0) is 15.2. The van der Waals surface area contributed by atoms with Crippen molar-refractivity contribution in [1.82, 2.24) is 5.32 Å². The highest BCUT2D eigenvalue weighted by Gasteiger charge is 2.14. The number of nitro benzene ring substituents is 1. The molecule has 1 aromatic rings. The van der Waals surface area contributed by atoms with Crippen LogP contribution in [-0.2, 0) is 0 Å². The number of nitro groups is 1. The van der Waals surface area contributed by atoms with Gasteiger partial charge < -0.3 is 15.4 Å². The summed E-state index contributed by atoms with van der Waals surface area (Å²) in [6.45, 7) is 5.61. The van der Waals surface area contributed by atoms with E-state index < -0.39 is 4.92 Å². The molecule has 1 atom stereocenters. The molecule has 1 aromatic carbocycles. The summed E-state index contributed by atoms with van der Waals surface area (Å²) in [4.78, 5) is 10.6. The zero-order valence-electron chi connectivity index (χ0n) is 12.6. The molecule has 2 rings (SSSR count). The molecule has 0 aliphatic carbocycles. The van der Waals surface area contributed by atoms with Crippen LogP contribution in [0.25, 0.3) is 0 Å². The molecule has 0 radical (unpaired) electrons. The SMILES string of the molecule is CC(C)Oc1cc(NCC2CCCCN2)cc([N+](=O)[O-])c1. The van der Waals surface area contributed by atoms with Crippen LogP contribution < -0.4 is 15.4 Å². The lowest BCUT2D eigenvalue weighted by Crippen LogP contribution is -2.39. The molecular formula is C15H23N3O3. The Hall–Kier alpha value is -1.82. The summed E-state index contributed by atoms with van der Waals surface area (Å²) in [5.41, 5.74) is 0.777. The van der Waals surface area contributed by atoms with E-state index in [0.717, 1.165) is 25.2 Å². The highest BCUT2D eigenvalue weighted by atomic mass is 16.6. The first-order valence-corrected chi connectivity index (χ1v) is 7.48. The monoisotopic (exact) mass is 293 g/mol. The molecule has 1 fully saturated rings. The van der Waals surface area contributed by atoms with E-state index in [9.17, 15) is 10.1 Å². The first-order valence-electron chi connectivity index (χ1n) is 7.48. The minimum Gasteiger partial charge on any atom is -0.491 e. The van der Waals surface area contributed by atoms with Crippen LogP contribution in [0.2, 0.25) is 0 Å². The highest BCUT2D eigenvalue weighted by Crippen LogP contribution is 2.27. The largest absolute Gasteiger partial charge is 0.491 e. The summed E-state index contributed by atoms with van der Waals surface area (Å²) in [6.07, 6.45) is 3.58. The van der Waals surface area contributed by atoms with Gasteiger partial charge in [0, 0.05) is 30.4 Å². The Morgan fingerprint density at radius 2 is 2.24 bits per heavy atom. The average Bonchev–Trinajstić information content (AvgIpc) is 2.45. The molecule has 21 heavy (non-hydrogen) atoms. The molecule has 0 amide bonds. The Morgan fingerprint density at radius 3 is 2.86 bits per heavy atom. The second-order valence-electron chi connectivity index (χ2n) is 5.67. The van der Waals surface area contributed by atoms with Gasteiger partial charge in [-0.2, -0.15) is 0 Å². The molecule has 0 saturated carbocycles. The maximum atomic E-state index is 11.0. The third-order valence-corrected chi connectivity index (χ3v) is 3.44. The van der Waals surface area contributed by atoms with Crippen molar-refractivity contribution in [3.05, 3.63) is 28.3 Å². The predicted molar refractivity (Wildman–Crippen MR) is 83.0 cm³/mol. The van der Waals surface area contributed by atoms with E-state index in [1.165, 1.54) is 18.9 Å². The molecule has 0 spiro atoms. The van der Waals surface area contributed by atoms with Gasteiger partial charge in [-0.1, -0.05) is 6.42 Å². The summed E-state index contributed by atoms with van der Waals surface area (Å²) in [5, 5.41) is 17.7. The molecule has 6 nitrogen and oxygen atoms in total. The van der Waals surface area contributed by atoms with Crippen molar-refractivity contribution >= 4 is 11.4 Å². The molecule has 116 valence electrons. The van der Waals surface area contributed by atoms with Crippen molar-refractivity contribution in [2.24, 2.45) is 0 Å². The van der Waals surface area contributed by atoms with Crippen LogP contribution in [0.4, 0.5) is 11.4 Å². The second kappa shape index (κ2) is 7.26. The maximum Gasteiger partial charge on any atom is 0.275 e. The Morgan fingerprint density at radius 1 is 1.43 bits per heavy atom. The summed E-state index contributed by atoms with van der Waals surface area (Å²) in [7, 11) is 0. The summed E-state index contributed by atoms with van der Waals surface area (Å²) >= 11 is 0. The van der Waals surface area contributed by atoms with E-state index in [-0.39, 0.29) is 11.8 Å². The number of anilines is 1. The fraction of sp³-hybridized carbons (Fsp3) is 0.600. The van der Waals surface area contributed by atoms with Crippen molar-refractivity contribution in [1.29, 1.82) is 0 Å². The van der Waals surface area contributed by atoms with Gasteiger partial charge >= 0.3 is 0 Å². The highest BCUT2D eigenvalue weighted by molar-refractivity contribution is 5.56. The van der Waals surface area contributed by atoms with Crippen molar-refractivity contribution in [3.63, 3.8) is 0 Å². The molecule has 1 aliphatic heterocycles. The van der Waals surface area contributed by atoms with E-state index in [1.807, 2.05) is 19.9 Å². The lowest BCUT2D eigenvalue weighted by molar-refractivity contribution is -0.384. The normalized spacial score (nSPS) is 18.5. The third-order valence-electron chi connectivity index (χ3n) is 3.44. The summed E-state index contributed by atoms with van der Waals surface area (Å²) < 4.78 is 5.58. The topological polar surface area (TPSA) is 76.4 Å². The molecule has 0 bridgehead atoms. The van der Waals surface area contributed by atoms with Crippen LogP contribution in [0, 0.1) is 10.1 Å². The van der Waals surface area contributed by atoms with Crippen LogP contribution in [0.15, 0.2) is 18.2 Å². The van der Waals surface area contributed by atoms with Gasteiger partial charge in [-0.15, -0.1) is 0 Å². The Kier molecular flexibility index (Phi) is 5.38. The lowest BCUT2D eigenvalue weighted by Gasteiger charge is -2.24. The smallest absolute Gasteiger partial charge is 0.275 e. The Bertz CT molecular complexity index is 485. The minimum atomic E-state index is -0.392. The molecule has 0 aromatic heterocycles. The fourth-order valence-corrected chi connectivity index (χ4v) is 2.47. The van der Waals surface area contributed by atoms with Crippen molar-refractivity contribution < 1.29 is 9.66 Å². The van der Waals surface area contributed by atoms with Crippen molar-refractivity contribution in [3.8, 4) is 5.75 Å². The van der Waals surface area contributed by atoms with E-state index in [0.29, 0.717) is 11.8 Å². The number of rotatable bonds is 6. The van der Waals surface area contributed by atoms with E-state index in [4.69, 9.17) is 4.74 Å². The van der Waals surface area contributed by atoms with Crippen LogP contribution in [0.5, 0.6) is 5.75 Å². The number of piperidine rings is 1. The molecule has 1 aliphatic rings. The van der Waals surface area contributed by atoms with Crippen LogP contribution in [0.3, 0.4) is 0 Å². The van der Waals surface area contributed by atoms with Gasteiger partial charge in [0.15, 0.2) is 0 Å². The van der Waals surface area contributed by atoms with E-state index in [1.54, 1.807) is 6.07 Å². The first-order chi connectivity index (χ1) is 10.0. The summed E-state index contributed by atoms with van der Waals surface area (Å²) in [6, 6.07) is 5.25. The van der Waals surface area contributed by atoms with Crippen LogP contribution in [-0.4, -0.2) is 30.2 Å². The number of non-ortho nitro benzene ring substituents is 1. The number of hydrogen-bond acceptors (Lipinski definition) is 5. The predicted octanol–water partition coefficient (Wildman–Crippen LogP) is 2.94. The van der Waals surface area contributed by atoms with Gasteiger partial charge in [-0.05, 0) is 33.2 Å². The van der Waals surface area contributed by atoms with Crippen LogP contribution in [0.1, 0.15) is 33.1 Å². The standard InChI is InChI=1S/C15H23N3O3/c1-11(2)21-15-8-13(7-14(9-15)18(19)20)17-10-12-5-3-4-6-16-12/h7-9,11-12,16-17H,3-6,10H2,1-2H3. The molecular weight excluding hydrogens is 270 g/mol. The number of ether oxygens (including phenoxy) is 1. The van der Waals surface area contributed by atoms with Gasteiger partial charge in [0.25, 0.3) is 5.69 Å². The Balaban J connectivity index is 2.05. The number of nitrogens with one attached hydrogen (secondary N) is 2. The molecule has 2 N–H and O–H groups in total. The van der Waals surface area contributed by atoms with E-state index in [2.05, 4.69) is 10.6 Å². The maximum absolute atomic E-state index is 11.0. The van der Waals surface area contributed by atoms with Gasteiger partial charge in [0.05, 0.1) is 17.1 Å². The van der Waals surface area contributed by atoms with Crippen molar-refractivity contribution in [2.75, 3.05) is 18.4 Å². The van der Waals surface area contributed by atoms with E-state index >= 15 is 0 Å². The van der Waals surface area contributed by atoms with Crippen LogP contribution >= 0.6 is 0 Å². The zero-order valence-corrected chi connectivity index (χ0v) is 12.6. The quantitative estimate of drug-likeness (QED) is 0.623. The molecule has 1 unspecified atom stereocenters. The third kappa shape index (κ3) is 4.90. The first kappa shape index (κ1) is 15.6. The minimum absolute atomic E-state index is 0.0140. The molecule has 1 heterocycles. The molecule has 6 heteroatoms. The van der Waals surface area contributed by atoms with Gasteiger partial charge in [-0.25, -0.2) is 0 Å². The Labute approximate surface area is 125 Å². The summed E-state index contributed by atoms with van der Waals surface area (Å²) in [5.74, 6) is 0.526. The van der Waals surface area contributed by atoms with Gasteiger partial charge in [-0.3, -0.25) is 10.1 Å². The van der Waals surface area contributed by atoms with Gasteiger partial charge in [0.1, 0.15) is 5.75 Å². The molecule has 1 saturated heterocycles. The number of hydrogen-bond donors (Lipinski definition) is 2. The van der Waals surface area contributed by atoms with Gasteiger partial charge in [0.2, 0.25) is 0 Å². The van der Waals surface area contributed by atoms with Crippen molar-refractivity contribution in [2.45, 2.75) is 45.3 Å². The number of benzene rings is 1. The second-order valence-corrected chi connectivity index (χ2v) is 5.67. The average molecular weight is 293 g/mol. The fourth-order valence-electron chi connectivity index (χ4n) is 2.47. The lowest BCUT2D eigenvalue weighted by atomic mass is 10.1.